The van der Waals surface area contributed by atoms with E-state index in [1.54, 1.807) is 36.4 Å². The van der Waals surface area contributed by atoms with Gasteiger partial charge in [-0.1, -0.05) is 116 Å². The third-order valence-corrected chi connectivity index (χ3v) is 7.70. The summed E-state index contributed by atoms with van der Waals surface area (Å²) in [5.41, 5.74) is 3.05. The summed E-state index contributed by atoms with van der Waals surface area (Å²) in [5.74, 6) is -1.56. The fourth-order valence-corrected chi connectivity index (χ4v) is 6.22. The van der Waals surface area contributed by atoms with E-state index in [0.29, 0.717) is 16.7 Å². The zero-order valence-corrected chi connectivity index (χ0v) is 19.3. The van der Waals surface area contributed by atoms with E-state index < -0.39 is 15.1 Å². The normalized spacial score (nSPS) is 16.8. The van der Waals surface area contributed by atoms with Crippen molar-refractivity contribution >= 4 is 49.2 Å². The Labute approximate surface area is 191 Å². The number of alkyl halides is 2. The van der Waals surface area contributed by atoms with Crippen LogP contribution in [0.1, 0.15) is 48.1 Å². The van der Waals surface area contributed by atoms with E-state index in [1.165, 1.54) is 0 Å². The van der Waals surface area contributed by atoms with Gasteiger partial charge in [0, 0.05) is 22.6 Å². The summed E-state index contributed by atoms with van der Waals surface area (Å²) in [6.45, 7) is 1.95. The number of carbonyl (C=O) groups excluding carboxylic acids is 3. The summed E-state index contributed by atoms with van der Waals surface area (Å²) in [7, 11) is 0. The molecule has 3 aromatic rings. The molecule has 3 nitrogen and oxygen atoms in total. The first kappa shape index (κ1) is 20.9. The molecule has 1 aliphatic rings. The van der Waals surface area contributed by atoms with Gasteiger partial charge in [-0.2, -0.15) is 0 Å². The van der Waals surface area contributed by atoms with E-state index in [9.17, 15) is 14.4 Å². The number of halogens is 2. The molecule has 0 heterocycles. The molecular formula is C25H18Br2O3. The molecule has 2 unspecified atom stereocenters. The third kappa shape index (κ3) is 3.30. The first-order chi connectivity index (χ1) is 14.4. The molecule has 30 heavy (non-hydrogen) atoms. The topological polar surface area (TPSA) is 51.2 Å². The fraction of sp³-hybridized carbons (Fsp3) is 0.160. The van der Waals surface area contributed by atoms with Gasteiger partial charge in [0.2, 0.25) is 0 Å². The number of ketones is 3. The Morgan fingerprint density at radius 2 is 1.30 bits per heavy atom. The molecule has 0 saturated carbocycles. The second kappa shape index (κ2) is 8.05. The lowest BCUT2D eigenvalue weighted by molar-refractivity contribution is 0.0844. The zero-order valence-electron chi connectivity index (χ0n) is 16.1. The van der Waals surface area contributed by atoms with E-state index in [4.69, 9.17) is 0 Å². The second-order valence-corrected chi connectivity index (χ2v) is 9.67. The van der Waals surface area contributed by atoms with Crippen LogP contribution in [0.2, 0.25) is 0 Å². The van der Waals surface area contributed by atoms with Gasteiger partial charge in [-0.25, -0.2) is 0 Å². The van der Waals surface area contributed by atoms with Gasteiger partial charge < -0.3 is 0 Å². The lowest BCUT2D eigenvalue weighted by atomic mass is 9.78. The molecule has 5 heteroatoms. The monoisotopic (exact) mass is 524 g/mol. The Kier molecular flexibility index (Phi) is 5.60. The van der Waals surface area contributed by atoms with E-state index in [2.05, 4.69) is 31.9 Å². The number of hydrogen-bond acceptors (Lipinski definition) is 3. The summed E-state index contributed by atoms with van der Waals surface area (Å²) in [5, 5.41) is 0. The van der Waals surface area contributed by atoms with Crippen LogP contribution in [-0.2, 0) is 0 Å². The Morgan fingerprint density at radius 1 is 0.800 bits per heavy atom. The van der Waals surface area contributed by atoms with Crippen molar-refractivity contribution in [2.24, 2.45) is 0 Å². The number of benzene rings is 3. The number of Topliss-reactive ketones (excluding diaryl/α,β-unsaturated/α-hetero) is 3. The number of aryl methyl sites for hydroxylation is 1. The maximum Gasteiger partial charge on any atom is 0.188 e. The molecule has 0 radical (unpaired) electrons. The van der Waals surface area contributed by atoms with Crippen molar-refractivity contribution in [1.82, 2.24) is 0 Å². The highest BCUT2D eigenvalue weighted by Gasteiger charge is 2.59. The van der Waals surface area contributed by atoms with Gasteiger partial charge in [-0.3, -0.25) is 14.4 Å². The zero-order chi connectivity index (χ0) is 21.5. The third-order valence-electron chi connectivity index (χ3n) is 5.54. The molecule has 0 spiro atoms. The predicted octanol–water partition coefficient (Wildman–Crippen LogP) is 5.94. The first-order valence-electron chi connectivity index (χ1n) is 9.53. The van der Waals surface area contributed by atoms with Crippen LogP contribution in [0.5, 0.6) is 0 Å². The van der Waals surface area contributed by atoms with Crippen LogP contribution in [0.3, 0.4) is 0 Å². The van der Waals surface area contributed by atoms with Crippen molar-refractivity contribution in [2.45, 2.75) is 22.0 Å². The minimum atomic E-state index is -1.56. The molecule has 0 bridgehead atoms. The number of hydrogen-bond donors (Lipinski definition) is 0. The molecule has 0 saturated heterocycles. The van der Waals surface area contributed by atoms with Gasteiger partial charge in [0.1, 0.15) is 0 Å². The van der Waals surface area contributed by atoms with Crippen LogP contribution in [0, 0.1) is 6.92 Å². The van der Waals surface area contributed by atoms with E-state index in [1.807, 2.05) is 49.4 Å². The summed E-state index contributed by atoms with van der Waals surface area (Å²) < 4.78 is -1.56. The van der Waals surface area contributed by atoms with Gasteiger partial charge >= 0.3 is 0 Å². The lowest BCUT2D eigenvalue weighted by Gasteiger charge is -2.33. The quantitative estimate of drug-likeness (QED) is 0.235. The molecule has 1 aliphatic carbocycles. The van der Waals surface area contributed by atoms with Crippen LogP contribution >= 0.6 is 31.9 Å². The highest BCUT2D eigenvalue weighted by molar-refractivity contribution is 9.11. The molecule has 0 fully saturated rings. The average Bonchev–Trinajstić information content (AvgIpc) is 2.96. The van der Waals surface area contributed by atoms with Crippen molar-refractivity contribution in [3.05, 3.63) is 107 Å². The standard InChI is InChI=1S/C25H18Br2O3/c1-15-11-13-17(14-12-15)22(28)21(26)20(16-7-3-2-4-8-16)25(27)23(29)18-9-5-6-10-19(18)24(25)30/h2-14,20-21H,1H3. The number of fused-ring (bicyclic) bond motifs is 1. The molecule has 150 valence electrons. The van der Waals surface area contributed by atoms with E-state index in [0.717, 1.165) is 11.1 Å². The largest absolute Gasteiger partial charge is 0.293 e. The highest BCUT2D eigenvalue weighted by atomic mass is 79.9. The van der Waals surface area contributed by atoms with Gasteiger partial charge in [0.15, 0.2) is 21.7 Å². The van der Waals surface area contributed by atoms with Crippen molar-refractivity contribution < 1.29 is 14.4 Å². The second-order valence-electron chi connectivity index (χ2n) is 7.44. The van der Waals surface area contributed by atoms with Crippen molar-refractivity contribution in [3.63, 3.8) is 0 Å². The van der Waals surface area contributed by atoms with Gasteiger partial charge in [0.05, 0.1) is 4.83 Å². The molecule has 3 aromatic carbocycles. The lowest BCUT2D eigenvalue weighted by Crippen LogP contribution is -2.46. The maximum absolute atomic E-state index is 13.5. The van der Waals surface area contributed by atoms with Gasteiger partial charge in [0.25, 0.3) is 0 Å². The molecule has 0 N–H and O–H groups in total. The summed E-state index contributed by atoms with van der Waals surface area (Å²) in [4.78, 5) is 39.5. The summed E-state index contributed by atoms with van der Waals surface area (Å²) in [6, 6.07) is 23.3. The van der Waals surface area contributed by atoms with Crippen LogP contribution in [-0.4, -0.2) is 26.5 Å². The number of carbonyl (C=O) groups is 3. The summed E-state index contributed by atoms with van der Waals surface area (Å²) in [6.07, 6.45) is 0. The predicted molar refractivity (Wildman–Crippen MR) is 124 cm³/mol. The Morgan fingerprint density at radius 3 is 1.83 bits per heavy atom. The van der Waals surface area contributed by atoms with Crippen molar-refractivity contribution in [1.29, 1.82) is 0 Å². The minimum absolute atomic E-state index is 0.181. The molecular weight excluding hydrogens is 508 g/mol. The minimum Gasteiger partial charge on any atom is -0.293 e. The van der Waals surface area contributed by atoms with Gasteiger partial charge in [-0.05, 0) is 12.5 Å². The van der Waals surface area contributed by atoms with Crippen LogP contribution in [0.15, 0.2) is 78.9 Å². The van der Waals surface area contributed by atoms with Crippen LogP contribution < -0.4 is 0 Å². The molecule has 0 aliphatic heterocycles. The SMILES string of the molecule is Cc1ccc(C(=O)C(Br)C(c2ccccc2)C2(Br)C(=O)c3ccccc3C2=O)cc1. The van der Waals surface area contributed by atoms with Gasteiger partial charge in [-0.15, -0.1) is 0 Å². The average molecular weight is 526 g/mol. The van der Waals surface area contributed by atoms with Crippen molar-refractivity contribution in [2.75, 3.05) is 0 Å². The van der Waals surface area contributed by atoms with Crippen LogP contribution in [0.4, 0.5) is 0 Å². The van der Waals surface area contributed by atoms with Crippen molar-refractivity contribution in [3.8, 4) is 0 Å². The van der Waals surface area contributed by atoms with Crippen LogP contribution in [0.25, 0.3) is 0 Å². The molecule has 4 rings (SSSR count). The Hall–Kier alpha value is -2.37. The van der Waals surface area contributed by atoms with E-state index in [-0.39, 0.29) is 17.3 Å². The highest BCUT2D eigenvalue weighted by Crippen LogP contribution is 2.49. The number of rotatable bonds is 5. The first-order valence-corrected chi connectivity index (χ1v) is 11.2. The Balaban J connectivity index is 1.84. The molecule has 2 atom stereocenters. The smallest absolute Gasteiger partial charge is 0.188 e. The fourth-order valence-electron chi connectivity index (χ4n) is 3.95. The maximum atomic E-state index is 13.5. The molecule has 0 amide bonds. The summed E-state index contributed by atoms with van der Waals surface area (Å²) >= 11 is 7.10. The molecule has 0 aromatic heterocycles. The van der Waals surface area contributed by atoms with E-state index >= 15 is 0 Å². The Bertz CT molecular complexity index is 1100.